The van der Waals surface area contributed by atoms with Crippen LogP contribution in [0.2, 0.25) is 0 Å². The van der Waals surface area contributed by atoms with Crippen LogP contribution < -0.4 is 5.32 Å². The summed E-state index contributed by atoms with van der Waals surface area (Å²) in [6.45, 7) is 5.21. The van der Waals surface area contributed by atoms with Crippen LogP contribution in [0.5, 0.6) is 0 Å². The number of likely N-dealkylation sites (tertiary alicyclic amines) is 1. The average molecular weight is 301 g/mol. The van der Waals surface area contributed by atoms with E-state index in [1.807, 2.05) is 12.1 Å². The number of carbonyl (C=O) groups is 1. The molecule has 22 heavy (non-hydrogen) atoms. The summed E-state index contributed by atoms with van der Waals surface area (Å²) in [4.78, 5) is 19.0. The lowest BCUT2D eigenvalue weighted by atomic mass is 9.79. The maximum absolute atomic E-state index is 12.8. The number of nitrogens with zero attached hydrogens (tertiary/aromatic N) is 2. The first-order valence-electron chi connectivity index (χ1n) is 8.64. The molecule has 1 N–H and O–H groups in total. The Hall–Kier alpha value is -1.58. The van der Waals surface area contributed by atoms with Crippen LogP contribution in [0.1, 0.15) is 57.6 Å². The summed E-state index contributed by atoms with van der Waals surface area (Å²) in [6.07, 6.45) is 9.85. The Labute approximate surface area is 133 Å². The van der Waals surface area contributed by atoms with Crippen molar-refractivity contribution in [1.29, 1.82) is 0 Å². The Bertz CT molecular complexity index is 498. The summed E-state index contributed by atoms with van der Waals surface area (Å²) in [5.74, 6) is 1.10. The van der Waals surface area contributed by atoms with Crippen LogP contribution in [-0.2, 0) is 0 Å². The molecule has 0 aromatic carbocycles. The number of pyridine rings is 1. The molecule has 2 aliphatic rings. The Balaban J connectivity index is 1.68. The Morgan fingerprint density at radius 3 is 2.55 bits per heavy atom. The van der Waals surface area contributed by atoms with E-state index >= 15 is 0 Å². The van der Waals surface area contributed by atoms with Crippen LogP contribution in [0.15, 0.2) is 24.5 Å². The van der Waals surface area contributed by atoms with Crippen LogP contribution >= 0.6 is 0 Å². The van der Waals surface area contributed by atoms with Gasteiger partial charge in [-0.1, -0.05) is 20.3 Å². The summed E-state index contributed by atoms with van der Waals surface area (Å²) in [7, 11) is 0. The van der Waals surface area contributed by atoms with E-state index in [0.717, 1.165) is 24.4 Å². The van der Waals surface area contributed by atoms with Gasteiger partial charge in [0.15, 0.2) is 0 Å². The predicted molar refractivity (Wildman–Crippen MR) is 87.4 cm³/mol. The SMILES string of the molecule is CC(C)[C@H](NC(=O)N1CCC[C@H]1C1CCC1)c1ccncc1. The first-order chi connectivity index (χ1) is 10.7. The Kier molecular flexibility index (Phi) is 4.65. The lowest BCUT2D eigenvalue weighted by Crippen LogP contribution is -2.48. The van der Waals surface area contributed by atoms with Gasteiger partial charge in [-0.05, 0) is 55.2 Å². The molecule has 0 bridgehead atoms. The molecule has 4 nitrogen and oxygen atoms in total. The van der Waals surface area contributed by atoms with Gasteiger partial charge in [-0.3, -0.25) is 4.98 Å². The molecule has 1 aliphatic heterocycles. The molecule has 1 aromatic heterocycles. The van der Waals surface area contributed by atoms with Gasteiger partial charge in [0.2, 0.25) is 0 Å². The smallest absolute Gasteiger partial charge is 0.318 e. The summed E-state index contributed by atoms with van der Waals surface area (Å²) >= 11 is 0. The molecule has 2 heterocycles. The van der Waals surface area contributed by atoms with Gasteiger partial charge in [0.25, 0.3) is 0 Å². The second kappa shape index (κ2) is 6.67. The first kappa shape index (κ1) is 15.3. The highest BCUT2D eigenvalue weighted by atomic mass is 16.2. The van der Waals surface area contributed by atoms with Crippen molar-refractivity contribution in [1.82, 2.24) is 15.2 Å². The van der Waals surface area contributed by atoms with E-state index in [0.29, 0.717) is 12.0 Å². The monoisotopic (exact) mass is 301 g/mol. The molecule has 3 rings (SSSR count). The highest BCUT2D eigenvalue weighted by Gasteiger charge is 2.37. The standard InChI is InChI=1S/C18H27N3O/c1-13(2)17(15-8-10-19-11-9-15)20-18(22)21-12-4-7-16(21)14-5-3-6-14/h8-11,13-14,16-17H,3-7,12H2,1-2H3,(H,20,22)/t16-,17-/m0/s1. The van der Waals surface area contributed by atoms with E-state index in [4.69, 9.17) is 0 Å². The molecule has 1 saturated carbocycles. The zero-order chi connectivity index (χ0) is 15.5. The van der Waals surface area contributed by atoms with Gasteiger partial charge in [-0.25, -0.2) is 4.79 Å². The van der Waals surface area contributed by atoms with Gasteiger partial charge in [0, 0.05) is 25.0 Å². The number of nitrogens with one attached hydrogen (secondary N) is 1. The van der Waals surface area contributed by atoms with E-state index < -0.39 is 0 Å². The van der Waals surface area contributed by atoms with Crippen molar-refractivity contribution >= 4 is 6.03 Å². The van der Waals surface area contributed by atoms with Crippen LogP contribution in [0.25, 0.3) is 0 Å². The normalized spacial score (nSPS) is 23.4. The van der Waals surface area contributed by atoms with E-state index in [-0.39, 0.29) is 12.1 Å². The molecule has 4 heteroatoms. The number of urea groups is 1. The van der Waals surface area contributed by atoms with E-state index in [1.165, 1.54) is 25.7 Å². The number of hydrogen-bond acceptors (Lipinski definition) is 2. The largest absolute Gasteiger partial charge is 0.331 e. The molecule has 120 valence electrons. The molecule has 0 unspecified atom stereocenters. The third-order valence-corrected chi connectivity index (χ3v) is 5.26. The minimum absolute atomic E-state index is 0.0538. The fourth-order valence-electron chi connectivity index (χ4n) is 3.78. The van der Waals surface area contributed by atoms with Crippen LogP contribution in [-0.4, -0.2) is 28.5 Å². The van der Waals surface area contributed by atoms with Crippen molar-refractivity contribution < 1.29 is 4.79 Å². The number of carbonyl (C=O) groups excluding carboxylic acids is 1. The van der Waals surface area contributed by atoms with Gasteiger partial charge in [0.1, 0.15) is 0 Å². The summed E-state index contributed by atoms with van der Waals surface area (Å²) in [5, 5.41) is 3.27. The van der Waals surface area contributed by atoms with Gasteiger partial charge in [-0.2, -0.15) is 0 Å². The van der Waals surface area contributed by atoms with Crippen molar-refractivity contribution in [2.24, 2.45) is 11.8 Å². The lowest BCUT2D eigenvalue weighted by Gasteiger charge is -2.38. The van der Waals surface area contributed by atoms with Crippen LogP contribution in [0.4, 0.5) is 4.79 Å². The van der Waals surface area contributed by atoms with Crippen molar-refractivity contribution in [2.75, 3.05) is 6.54 Å². The molecule has 1 saturated heterocycles. The van der Waals surface area contributed by atoms with Gasteiger partial charge >= 0.3 is 6.03 Å². The number of hydrogen-bond donors (Lipinski definition) is 1. The van der Waals surface area contributed by atoms with Gasteiger partial charge < -0.3 is 10.2 Å². The quantitative estimate of drug-likeness (QED) is 0.920. The molecule has 1 aliphatic carbocycles. The van der Waals surface area contributed by atoms with Crippen molar-refractivity contribution in [3.8, 4) is 0 Å². The molecule has 0 spiro atoms. The maximum atomic E-state index is 12.8. The molecule has 2 atom stereocenters. The predicted octanol–water partition coefficient (Wildman–Crippen LogP) is 3.75. The van der Waals surface area contributed by atoms with Crippen molar-refractivity contribution in [3.05, 3.63) is 30.1 Å². The zero-order valence-electron chi connectivity index (χ0n) is 13.7. The van der Waals surface area contributed by atoms with E-state index in [2.05, 4.69) is 29.0 Å². The molecule has 0 radical (unpaired) electrons. The summed E-state index contributed by atoms with van der Waals surface area (Å²) < 4.78 is 0. The molecule has 1 aromatic rings. The minimum Gasteiger partial charge on any atom is -0.331 e. The summed E-state index contributed by atoms with van der Waals surface area (Å²) in [6, 6.07) is 4.64. The fourth-order valence-corrected chi connectivity index (χ4v) is 3.78. The fraction of sp³-hybridized carbons (Fsp3) is 0.667. The second-order valence-electron chi connectivity index (χ2n) is 7.05. The topological polar surface area (TPSA) is 45.2 Å². The highest BCUT2D eigenvalue weighted by molar-refractivity contribution is 5.75. The van der Waals surface area contributed by atoms with Crippen LogP contribution in [0, 0.1) is 11.8 Å². The number of amides is 2. The van der Waals surface area contributed by atoms with E-state index in [1.54, 1.807) is 12.4 Å². The Morgan fingerprint density at radius 1 is 1.23 bits per heavy atom. The minimum atomic E-state index is 0.0538. The van der Waals surface area contributed by atoms with E-state index in [9.17, 15) is 4.79 Å². The molecule has 2 amide bonds. The number of rotatable bonds is 4. The first-order valence-corrected chi connectivity index (χ1v) is 8.64. The second-order valence-corrected chi connectivity index (χ2v) is 7.05. The third-order valence-electron chi connectivity index (χ3n) is 5.26. The maximum Gasteiger partial charge on any atom is 0.318 e. The number of aromatic nitrogens is 1. The summed E-state index contributed by atoms with van der Waals surface area (Å²) in [5.41, 5.74) is 1.14. The molecular weight excluding hydrogens is 274 g/mol. The van der Waals surface area contributed by atoms with Crippen molar-refractivity contribution in [3.63, 3.8) is 0 Å². The Morgan fingerprint density at radius 2 is 1.95 bits per heavy atom. The molecular formula is C18H27N3O. The van der Waals surface area contributed by atoms with Crippen LogP contribution in [0.3, 0.4) is 0 Å². The highest BCUT2D eigenvalue weighted by Crippen LogP contribution is 2.37. The molecule has 2 fully saturated rings. The van der Waals surface area contributed by atoms with Gasteiger partial charge in [-0.15, -0.1) is 0 Å². The lowest BCUT2D eigenvalue weighted by molar-refractivity contribution is 0.135. The van der Waals surface area contributed by atoms with Gasteiger partial charge in [0.05, 0.1) is 6.04 Å². The average Bonchev–Trinajstić information content (AvgIpc) is 2.92. The zero-order valence-corrected chi connectivity index (χ0v) is 13.7. The van der Waals surface area contributed by atoms with Crippen molar-refractivity contribution in [2.45, 2.75) is 58.0 Å². The third kappa shape index (κ3) is 3.11.